The van der Waals surface area contributed by atoms with Gasteiger partial charge in [-0.05, 0) is 35.8 Å². The van der Waals surface area contributed by atoms with Crippen LogP contribution in [0.25, 0.3) is 26.7 Å². The normalized spacial score (nSPS) is 17.3. The summed E-state index contributed by atoms with van der Waals surface area (Å²) >= 11 is 1.05. The van der Waals surface area contributed by atoms with Crippen molar-refractivity contribution in [3.63, 3.8) is 0 Å². The van der Waals surface area contributed by atoms with Gasteiger partial charge in [-0.3, -0.25) is 19.5 Å². The van der Waals surface area contributed by atoms with Crippen LogP contribution in [-0.2, 0) is 15.7 Å². The number of morpholine rings is 1. The third kappa shape index (κ3) is 4.27. The van der Waals surface area contributed by atoms with Gasteiger partial charge < -0.3 is 20.6 Å². The molecule has 1 saturated heterocycles. The number of ether oxygens (including phenoxy) is 1. The van der Waals surface area contributed by atoms with Gasteiger partial charge in [-0.2, -0.15) is 22.5 Å². The van der Waals surface area contributed by atoms with E-state index in [0.29, 0.717) is 15.6 Å². The van der Waals surface area contributed by atoms with Crippen molar-refractivity contribution < 1.29 is 27.8 Å². The summed E-state index contributed by atoms with van der Waals surface area (Å²) in [7, 11) is 0. The van der Waals surface area contributed by atoms with Gasteiger partial charge >= 0.3 is 6.18 Å². The first-order valence-electron chi connectivity index (χ1n) is 11.4. The molecule has 0 aliphatic carbocycles. The fraction of sp³-hybridized carbons (Fsp3) is 0.217. The van der Waals surface area contributed by atoms with Gasteiger partial charge in [-0.1, -0.05) is 0 Å². The number of amides is 1. The molecule has 4 N–H and O–H groups in total. The smallest absolute Gasteiger partial charge is 0.382 e. The molecule has 0 saturated carbocycles. The lowest BCUT2D eigenvalue weighted by Crippen LogP contribution is -2.50. The van der Waals surface area contributed by atoms with E-state index in [1.807, 2.05) is 0 Å². The SMILES string of the molecule is Nc1nsc2c1ccc1[nH]c([C@H](O)C3OCCN(c4ccn(-c5ccnc(C(F)(F)F)c5)n4)C3=O)nc(=O)c12. The number of nitrogens with one attached hydrogen (secondary N) is 1. The zero-order valence-corrected chi connectivity index (χ0v) is 20.4. The molecule has 5 heterocycles. The number of aromatic amines is 1. The summed E-state index contributed by atoms with van der Waals surface area (Å²) < 4.78 is 50.5. The summed E-state index contributed by atoms with van der Waals surface area (Å²) in [5.41, 5.74) is 4.58. The van der Waals surface area contributed by atoms with Gasteiger partial charge in [0.25, 0.3) is 11.5 Å². The van der Waals surface area contributed by atoms with Gasteiger partial charge in [0.05, 0.1) is 34.4 Å². The Hall–Kier alpha value is -4.41. The second-order valence-electron chi connectivity index (χ2n) is 8.60. The molecule has 1 aliphatic rings. The second-order valence-corrected chi connectivity index (χ2v) is 9.37. The van der Waals surface area contributed by atoms with Crippen molar-refractivity contribution in [3.8, 4) is 5.69 Å². The fourth-order valence-electron chi connectivity index (χ4n) is 4.33. The minimum absolute atomic E-state index is 0.0202. The Labute approximate surface area is 219 Å². The van der Waals surface area contributed by atoms with E-state index in [9.17, 15) is 27.9 Å². The number of nitrogen functional groups attached to an aromatic ring is 1. The summed E-state index contributed by atoms with van der Waals surface area (Å²) in [5, 5.41) is 16.1. The average Bonchev–Trinajstić information content (AvgIpc) is 3.55. The van der Waals surface area contributed by atoms with Crippen molar-refractivity contribution in [2.75, 3.05) is 23.8 Å². The van der Waals surface area contributed by atoms with Crippen LogP contribution < -0.4 is 16.2 Å². The maximum Gasteiger partial charge on any atom is 0.433 e. The van der Waals surface area contributed by atoms with Gasteiger partial charge in [0.1, 0.15) is 23.4 Å². The minimum atomic E-state index is -4.63. The van der Waals surface area contributed by atoms with Crippen molar-refractivity contribution in [1.82, 2.24) is 29.1 Å². The van der Waals surface area contributed by atoms with Gasteiger partial charge in [0.15, 0.2) is 11.9 Å². The molecule has 1 aromatic carbocycles. The highest BCUT2D eigenvalue weighted by atomic mass is 32.1. The zero-order chi connectivity index (χ0) is 27.5. The maximum absolute atomic E-state index is 13.3. The molecule has 16 heteroatoms. The van der Waals surface area contributed by atoms with Crippen molar-refractivity contribution in [1.29, 1.82) is 0 Å². The molecule has 1 unspecified atom stereocenters. The predicted molar refractivity (Wildman–Crippen MR) is 133 cm³/mol. The third-order valence-corrected chi connectivity index (χ3v) is 7.10. The van der Waals surface area contributed by atoms with Gasteiger partial charge in [0, 0.05) is 23.8 Å². The fourth-order valence-corrected chi connectivity index (χ4v) is 5.18. The maximum atomic E-state index is 13.3. The lowest BCUT2D eigenvalue weighted by atomic mass is 10.1. The number of alkyl halides is 3. The minimum Gasteiger partial charge on any atom is -0.382 e. The summed E-state index contributed by atoms with van der Waals surface area (Å²) in [6, 6.07) is 6.91. The van der Waals surface area contributed by atoms with Crippen LogP contribution in [0.4, 0.5) is 24.8 Å². The molecule has 6 rings (SSSR count). The highest BCUT2D eigenvalue weighted by molar-refractivity contribution is 7.14. The number of anilines is 2. The molecule has 1 amide bonds. The highest BCUT2D eigenvalue weighted by Crippen LogP contribution is 2.31. The van der Waals surface area contributed by atoms with Crippen LogP contribution in [0.2, 0.25) is 0 Å². The van der Waals surface area contributed by atoms with E-state index in [2.05, 4.69) is 24.4 Å². The molecule has 200 valence electrons. The number of carbonyl (C=O) groups is 1. The van der Waals surface area contributed by atoms with E-state index < -0.39 is 35.5 Å². The number of benzene rings is 1. The number of halogens is 3. The molecule has 0 radical (unpaired) electrons. The molecule has 1 aliphatic heterocycles. The predicted octanol–water partition coefficient (Wildman–Crippen LogP) is 2.18. The number of nitrogens with two attached hydrogens (primary N) is 1. The summed E-state index contributed by atoms with van der Waals surface area (Å²) in [6.45, 7) is 0.0993. The number of H-pyrrole nitrogens is 1. The Kier molecular flexibility index (Phi) is 5.81. The van der Waals surface area contributed by atoms with E-state index >= 15 is 0 Å². The topological polar surface area (TPSA) is 165 Å². The number of rotatable bonds is 4. The zero-order valence-electron chi connectivity index (χ0n) is 19.6. The van der Waals surface area contributed by atoms with Crippen molar-refractivity contribution in [2.45, 2.75) is 18.4 Å². The number of fused-ring (bicyclic) bond motifs is 3. The molecule has 0 spiro atoms. The van der Waals surface area contributed by atoms with Crippen LogP contribution in [0, 0.1) is 0 Å². The third-order valence-electron chi connectivity index (χ3n) is 6.21. The van der Waals surface area contributed by atoms with Crippen LogP contribution in [0.15, 0.2) is 47.5 Å². The largest absolute Gasteiger partial charge is 0.433 e. The molecular weight excluding hydrogens is 541 g/mol. The molecular formula is C23H17F3N8O4S. The molecule has 12 nitrogen and oxygen atoms in total. The van der Waals surface area contributed by atoms with Crippen LogP contribution in [-0.4, -0.2) is 59.4 Å². The summed E-state index contributed by atoms with van der Waals surface area (Å²) in [5.74, 6) is -0.422. The standard InChI is InChI=1S/C23H17F3N8O4S/c24-23(25,26)13-9-10(3-5-28-13)34-6-4-14(31-34)33-7-8-38-17(22(33)37)16(35)20-29-12-2-1-11-18(39-32-19(11)27)15(12)21(36)30-20/h1-6,9,16-17,35H,7-8H2,(H2,27,32)(H,29,30,36)/t16-,17?/m1/s1. The number of aromatic nitrogens is 6. The number of aliphatic hydroxyl groups is 1. The van der Waals surface area contributed by atoms with Crippen molar-refractivity contribution in [2.24, 2.45) is 0 Å². The Morgan fingerprint density at radius 3 is 2.85 bits per heavy atom. The Bertz CT molecular complexity index is 1800. The lowest BCUT2D eigenvalue weighted by molar-refractivity contribution is -0.143. The van der Waals surface area contributed by atoms with Crippen LogP contribution in [0.3, 0.4) is 0 Å². The van der Waals surface area contributed by atoms with Crippen LogP contribution >= 0.6 is 11.5 Å². The van der Waals surface area contributed by atoms with Crippen LogP contribution in [0.1, 0.15) is 17.6 Å². The molecule has 1 fully saturated rings. The molecule has 2 atom stereocenters. The highest BCUT2D eigenvalue weighted by Gasteiger charge is 2.39. The van der Waals surface area contributed by atoms with Gasteiger partial charge in [-0.15, -0.1) is 5.10 Å². The summed E-state index contributed by atoms with van der Waals surface area (Å²) in [4.78, 5) is 37.6. The second kappa shape index (κ2) is 9.11. The number of nitrogens with zero attached hydrogens (tertiary/aromatic N) is 6. The number of pyridine rings is 1. The van der Waals surface area contributed by atoms with Gasteiger partial charge in [0.2, 0.25) is 0 Å². The molecule has 0 bridgehead atoms. The first-order chi connectivity index (χ1) is 18.6. The number of hydrogen-bond donors (Lipinski definition) is 3. The lowest BCUT2D eigenvalue weighted by Gasteiger charge is -2.32. The Morgan fingerprint density at radius 1 is 1.23 bits per heavy atom. The van der Waals surface area contributed by atoms with E-state index in [-0.39, 0.29) is 41.7 Å². The van der Waals surface area contributed by atoms with E-state index in [0.717, 1.165) is 23.8 Å². The molecule has 39 heavy (non-hydrogen) atoms. The van der Waals surface area contributed by atoms with Crippen LogP contribution in [0.5, 0.6) is 0 Å². The Morgan fingerprint density at radius 2 is 2.05 bits per heavy atom. The monoisotopic (exact) mass is 558 g/mol. The van der Waals surface area contributed by atoms with E-state index in [1.54, 1.807) is 12.1 Å². The van der Waals surface area contributed by atoms with Crippen molar-refractivity contribution >= 4 is 50.1 Å². The molecule has 5 aromatic rings. The van der Waals surface area contributed by atoms with Crippen molar-refractivity contribution in [3.05, 3.63) is 64.6 Å². The number of carbonyl (C=O) groups excluding carboxylic acids is 1. The first-order valence-corrected chi connectivity index (χ1v) is 12.2. The number of hydrogen-bond acceptors (Lipinski definition) is 10. The summed E-state index contributed by atoms with van der Waals surface area (Å²) in [6.07, 6.45) is -5.28. The van der Waals surface area contributed by atoms with Gasteiger partial charge in [-0.25, -0.2) is 4.68 Å². The quantitative estimate of drug-likeness (QED) is 0.300. The average molecular weight is 559 g/mol. The number of aliphatic hydroxyl groups excluding tert-OH is 1. The van der Waals surface area contributed by atoms with E-state index in [1.165, 1.54) is 27.9 Å². The first kappa shape index (κ1) is 24.9. The molecule has 4 aromatic heterocycles. The van der Waals surface area contributed by atoms with E-state index in [4.69, 9.17) is 10.5 Å². The Balaban J connectivity index is 1.28.